The van der Waals surface area contributed by atoms with Crippen molar-refractivity contribution in [3.05, 3.63) is 52.8 Å². The number of likely N-dealkylation sites (tertiary alicyclic amines) is 1. The number of carbonyl (C=O) groups excluding carboxylic acids is 2. The van der Waals surface area contributed by atoms with Crippen LogP contribution in [0.15, 0.2) is 41.4 Å². The van der Waals surface area contributed by atoms with E-state index in [1.165, 1.54) is 4.90 Å². The van der Waals surface area contributed by atoms with E-state index in [1.54, 1.807) is 6.92 Å². The first-order chi connectivity index (χ1) is 18.0. The van der Waals surface area contributed by atoms with Crippen molar-refractivity contribution in [2.75, 3.05) is 31.1 Å². The first-order valence-corrected chi connectivity index (χ1v) is 12.0. The van der Waals surface area contributed by atoms with Crippen LogP contribution in [0.1, 0.15) is 42.2 Å². The van der Waals surface area contributed by atoms with Gasteiger partial charge in [0.2, 0.25) is 5.91 Å². The smallest absolute Gasteiger partial charge is 0.407 e. The van der Waals surface area contributed by atoms with Crippen LogP contribution in [-0.4, -0.2) is 63.5 Å². The number of hydrogen-bond acceptors (Lipinski definition) is 8. The van der Waals surface area contributed by atoms with E-state index in [0.717, 1.165) is 5.56 Å². The number of carboxylic acid groups (broad SMARTS) is 1. The average Bonchev–Trinajstić information content (AvgIpc) is 2.89. The zero-order valence-corrected chi connectivity index (χ0v) is 21.7. The van der Waals surface area contributed by atoms with Gasteiger partial charge < -0.3 is 32.9 Å². The van der Waals surface area contributed by atoms with Crippen LogP contribution in [0.25, 0.3) is 6.08 Å². The van der Waals surface area contributed by atoms with E-state index in [4.69, 9.17) is 28.8 Å². The monoisotopic (exact) mass is 545 g/mol. The molecule has 3 rings (SSSR count). The molecule has 1 fully saturated rings. The van der Waals surface area contributed by atoms with Gasteiger partial charge in [0, 0.05) is 24.9 Å². The molecule has 13 nitrogen and oxygen atoms in total. The third-order valence-electron chi connectivity index (χ3n) is 5.73. The lowest BCUT2D eigenvalue weighted by Crippen LogP contribution is -2.44. The normalized spacial score (nSPS) is 14.9. The van der Waals surface area contributed by atoms with Gasteiger partial charge >= 0.3 is 6.09 Å². The Labute approximate surface area is 224 Å². The number of amides is 3. The molecule has 0 unspecified atom stereocenters. The predicted octanol–water partition coefficient (Wildman–Crippen LogP) is 1.69. The SMILES string of the molecule is CCC(N)=O.NC(=NCC1(C=Cc2ccccc2)CCN(C(=O)O)CC1)NC(=O)c1nc(Cl)c(N)nc1N. The molecule has 0 bridgehead atoms. The van der Waals surface area contributed by atoms with Crippen LogP contribution in [0, 0.1) is 5.41 Å². The minimum Gasteiger partial charge on any atom is -0.465 e. The lowest BCUT2D eigenvalue weighted by Gasteiger charge is -2.38. The van der Waals surface area contributed by atoms with Crippen LogP contribution >= 0.6 is 11.6 Å². The van der Waals surface area contributed by atoms with Crippen molar-refractivity contribution in [2.24, 2.45) is 21.9 Å². The van der Waals surface area contributed by atoms with Crippen molar-refractivity contribution < 1.29 is 19.5 Å². The molecule has 0 atom stereocenters. The van der Waals surface area contributed by atoms with Gasteiger partial charge in [-0.2, -0.15) is 0 Å². The number of hydrogen-bond donors (Lipinski definition) is 6. The van der Waals surface area contributed by atoms with Gasteiger partial charge in [-0.1, -0.05) is 61.0 Å². The average molecular weight is 546 g/mol. The van der Waals surface area contributed by atoms with Gasteiger partial charge in [0.05, 0.1) is 6.54 Å². The topological polar surface area (TPSA) is 229 Å². The fourth-order valence-corrected chi connectivity index (χ4v) is 3.55. The Morgan fingerprint density at radius 2 is 1.74 bits per heavy atom. The molecule has 0 spiro atoms. The van der Waals surface area contributed by atoms with Crippen LogP contribution in [0.3, 0.4) is 0 Å². The highest BCUT2D eigenvalue weighted by molar-refractivity contribution is 6.31. The molecular weight excluding hydrogens is 514 g/mol. The maximum Gasteiger partial charge on any atom is 0.407 e. The van der Waals surface area contributed by atoms with Gasteiger partial charge in [0.15, 0.2) is 28.4 Å². The molecule has 2 heterocycles. The van der Waals surface area contributed by atoms with Gasteiger partial charge in [-0.3, -0.25) is 19.9 Å². The van der Waals surface area contributed by atoms with Crippen molar-refractivity contribution in [1.29, 1.82) is 0 Å². The van der Waals surface area contributed by atoms with E-state index in [2.05, 4.69) is 26.0 Å². The number of guanidine groups is 1. The summed E-state index contributed by atoms with van der Waals surface area (Å²) >= 11 is 5.82. The highest BCUT2D eigenvalue weighted by Crippen LogP contribution is 2.34. The molecule has 1 aromatic heterocycles. The molecule has 0 saturated carbocycles. The Morgan fingerprint density at radius 1 is 1.13 bits per heavy atom. The van der Waals surface area contributed by atoms with Gasteiger partial charge in [-0.25, -0.2) is 14.8 Å². The van der Waals surface area contributed by atoms with Crippen molar-refractivity contribution in [2.45, 2.75) is 26.2 Å². The second-order valence-electron chi connectivity index (χ2n) is 8.48. The number of carbonyl (C=O) groups is 3. The first-order valence-electron chi connectivity index (χ1n) is 11.7. The fourth-order valence-electron chi connectivity index (χ4n) is 3.42. The molecule has 204 valence electrons. The molecule has 2 aromatic rings. The standard InChI is InChI=1S/C21H25ClN8O3.C3H7NO/c22-15-17(24)28-16(23)14(27-15)18(31)29-19(25)26-12-21(7-6-13-4-2-1-3-5-13)8-10-30(11-9-21)20(32)33;1-2-3(4)5/h1-7H,8-12H2,(H,32,33)(H4,23,24,28)(H3,25,26,29,31);2H2,1H3,(H2,4,5). The summed E-state index contributed by atoms with van der Waals surface area (Å²) < 4.78 is 0. The van der Waals surface area contributed by atoms with Crippen LogP contribution in [0.2, 0.25) is 5.15 Å². The number of nitrogens with two attached hydrogens (primary N) is 4. The number of aromatic nitrogens is 2. The molecule has 1 saturated heterocycles. The van der Waals surface area contributed by atoms with Crippen LogP contribution in [-0.2, 0) is 4.79 Å². The Balaban J connectivity index is 0.000000926. The maximum absolute atomic E-state index is 12.5. The summed E-state index contributed by atoms with van der Waals surface area (Å²) in [4.78, 5) is 46.7. The number of aliphatic imine (C=N–C) groups is 1. The maximum atomic E-state index is 12.5. The second-order valence-corrected chi connectivity index (χ2v) is 8.84. The number of nitrogens with zero attached hydrogens (tertiary/aromatic N) is 4. The number of halogens is 1. The Kier molecular flexibility index (Phi) is 10.8. The van der Waals surface area contributed by atoms with Crippen molar-refractivity contribution in [1.82, 2.24) is 20.2 Å². The lowest BCUT2D eigenvalue weighted by atomic mass is 9.78. The van der Waals surface area contributed by atoms with Gasteiger partial charge in [0.25, 0.3) is 5.91 Å². The summed E-state index contributed by atoms with van der Waals surface area (Å²) in [5, 5.41) is 11.5. The van der Waals surface area contributed by atoms with E-state index in [-0.39, 0.29) is 40.9 Å². The molecule has 10 N–H and O–H groups in total. The van der Waals surface area contributed by atoms with Gasteiger partial charge in [-0.15, -0.1) is 0 Å². The van der Waals surface area contributed by atoms with E-state index >= 15 is 0 Å². The van der Waals surface area contributed by atoms with E-state index < -0.39 is 17.4 Å². The summed E-state index contributed by atoms with van der Waals surface area (Å²) in [7, 11) is 0. The van der Waals surface area contributed by atoms with E-state index in [1.807, 2.05) is 42.5 Å². The molecule has 1 aromatic carbocycles. The summed E-state index contributed by atoms with van der Waals surface area (Å²) in [6, 6.07) is 9.74. The van der Waals surface area contributed by atoms with Gasteiger partial charge in [0.1, 0.15) is 0 Å². The van der Waals surface area contributed by atoms with Crippen molar-refractivity contribution in [3.8, 4) is 0 Å². The third kappa shape index (κ3) is 8.92. The minimum absolute atomic E-state index is 0.0906. The number of rotatable bonds is 6. The lowest BCUT2D eigenvalue weighted by molar-refractivity contribution is -0.117. The highest BCUT2D eigenvalue weighted by atomic mass is 35.5. The quantitative estimate of drug-likeness (QED) is 0.228. The number of benzene rings is 1. The molecule has 1 aliphatic heterocycles. The van der Waals surface area contributed by atoms with E-state index in [9.17, 15) is 19.5 Å². The zero-order chi connectivity index (χ0) is 28.3. The summed E-state index contributed by atoms with van der Waals surface area (Å²) in [6.45, 7) is 2.71. The fraction of sp³-hybridized carbons (Fsp3) is 0.333. The molecule has 1 aliphatic rings. The largest absolute Gasteiger partial charge is 0.465 e. The molecule has 38 heavy (non-hydrogen) atoms. The van der Waals surface area contributed by atoms with Crippen LogP contribution < -0.4 is 28.3 Å². The molecule has 0 aliphatic carbocycles. The van der Waals surface area contributed by atoms with Crippen LogP contribution in [0.5, 0.6) is 0 Å². The van der Waals surface area contributed by atoms with Crippen molar-refractivity contribution in [3.63, 3.8) is 0 Å². The molecule has 14 heteroatoms. The Bertz CT molecular complexity index is 1200. The van der Waals surface area contributed by atoms with E-state index in [0.29, 0.717) is 32.4 Å². The number of nitrogen functional groups attached to an aromatic ring is 2. The Hall–Kier alpha value is -4.39. The number of piperidine rings is 1. The molecular formula is C24H32ClN9O4. The predicted molar refractivity (Wildman–Crippen MR) is 146 cm³/mol. The highest BCUT2D eigenvalue weighted by Gasteiger charge is 2.34. The molecule has 3 amide bonds. The number of primary amides is 1. The third-order valence-corrected chi connectivity index (χ3v) is 6.01. The Morgan fingerprint density at radius 3 is 2.29 bits per heavy atom. The minimum atomic E-state index is -0.952. The second kappa shape index (κ2) is 13.8. The summed E-state index contributed by atoms with van der Waals surface area (Å²) in [6.07, 6.45) is 4.61. The first kappa shape index (κ1) is 29.8. The van der Waals surface area contributed by atoms with Crippen molar-refractivity contribution >= 4 is 53.2 Å². The molecule has 0 radical (unpaired) electrons. The number of nitrogens with one attached hydrogen (secondary N) is 1. The number of anilines is 2. The van der Waals surface area contributed by atoms with Crippen LogP contribution in [0.4, 0.5) is 16.4 Å². The van der Waals surface area contributed by atoms with Gasteiger partial charge in [-0.05, 0) is 18.4 Å². The zero-order valence-electron chi connectivity index (χ0n) is 20.9. The summed E-state index contributed by atoms with van der Waals surface area (Å²) in [5.41, 5.74) is 22.2. The summed E-state index contributed by atoms with van der Waals surface area (Å²) in [5.74, 6) is -1.39.